The van der Waals surface area contributed by atoms with E-state index in [0.29, 0.717) is 23.4 Å². The lowest BCUT2D eigenvalue weighted by Crippen LogP contribution is -2.21. The summed E-state index contributed by atoms with van der Waals surface area (Å²) >= 11 is 1.14. The molecule has 0 bridgehead atoms. The van der Waals surface area contributed by atoms with Gasteiger partial charge in [0.25, 0.3) is 0 Å². The van der Waals surface area contributed by atoms with Crippen LogP contribution in [-0.4, -0.2) is 27.2 Å². The number of nitrogen functional groups attached to an aromatic ring is 1. The molecule has 0 aliphatic carbocycles. The predicted molar refractivity (Wildman–Crippen MR) is 74.3 cm³/mol. The van der Waals surface area contributed by atoms with Gasteiger partial charge in [0.15, 0.2) is 5.12 Å². The Labute approximate surface area is 111 Å². The number of carbonyl (C=O) groups is 1. The summed E-state index contributed by atoms with van der Waals surface area (Å²) in [6.07, 6.45) is -1.59. The zero-order chi connectivity index (χ0) is 13.7. The third kappa shape index (κ3) is 4.01. The van der Waals surface area contributed by atoms with Crippen LogP contribution in [0.5, 0.6) is 0 Å². The summed E-state index contributed by atoms with van der Waals surface area (Å²) in [5, 5.41) is 20.0. The van der Waals surface area contributed by atoms with Gasteiger partial charge >= 0.3 is 0 Å². The van der Waals surface area contributed by atoms with Crippen LogP contribution in [0.4, 0.5) is 5.69 Å². The largest absolute Gasteiger partial charge is 0.398 e. The molecule has 1 aromatic rings. The number of aliphatic hydroxyl groups excluding tert-OH is 2. The molecule has 0 heterocycles. The zero-order valence-corrected chi connectivity index (χ0v) is 11.4. The topological polar surface area (TPSA) is 83.5 Å². The lowest BCUT2D eigenvalue weighted by Gasteiger charge is -2.21. The van der Waals surface area contributed by atoms with E-state index in [1.807, 2.05) is 13.0 Å². The maximum atomic E-state index is 10.8. The number of aryl methyl sites for hydroxylation is 1. The van der Waals surface area contributed by atoms with Crippen molar-refractivity contribution in [3.63, 3.8) is 0 Å². The van der Waals surface area contributed by atoms with Gasteiger partial charge in [-0.2, -0.15) is 0 Å². The molecular weight excluding hydrogens is 250 g/mol. The number of hydrogen-bond donors (Lipinski definition) is 3. The minimum absolute atomic E-state index is 0.00657. The van der Waals surface area contributed by atoms with Crippen LogP contribution in [0.3, 0.4) is 0 Å². The second kappa shape index (κ2) is 6.78. The second-order valence-electron chi connectivity index (χ2n) is 4.22. The maximum Gasteiger partial charge on any atom is 0.185 e. The number of rotatable bonds is 5. The minimum atomic E-state index is -1.02. The number of carbonyl (C=O) groups excluding carboxylic acids is 1. The summed E-state index contributed by atoms with van der Waals surface area (Å²) in [6.45, 7) is 3.32. The molecule has 0 aliphatic rings. The number of thioether (sulfide) groups is 1. The van der Waals surface area contributed by atoms with Gasteiger partial charge in [0.1, 0.15) is 6.10 Å². The van der Waals surface area contributed by atoms with Gasteiger partial charge in [-0.3, -0.25) is 4.79 Å². The molecule has 1 rings (SSSR count). The van der Waals surface area contributed by atoms with Crippen molar-refractivity contribution in [3.8, 4) is 0 Å². The molecule has 100 valence electrons. The lowest BCUT2D eigenvalue weighted by atomic mass is 9.96. The summed E-state index contributed by atoms with van der Waals surface area (Å²) in [5.41, 5.74) is 7.69. The first-order valence-corrected chi connectivity index (χ1v) is 6.76. The Morgan fingerprint density at radius 2 is 2.11 bits per heavy atom. The van der Waals surface area contributed by atoms with Gasteiger partial charge in [0, 0.05) is 23.9 Å². The summed E-state index contributed by atoms with van der Waals surface area (Å²) in [5.74, 6) is 0.485. The number of benzene rings is 1. The third-order valence-corrected chi connectivity index (χ3v) is 3.58. The van der Waals surface area contributed by atoms with Crippen molar-refractivity contribution in [2.24, 2.45) is 0 Å². The van der Waals surface area contributed by atoms with Crippen LogP contribution in [-0.2, 0) is 4.79 Å². The average molecular weight is 269 g/mol. The Morgan fingerprint density at radius 1 is 1.44 bits per heavy atom. The molecule has 0 radical (unpaired) electrons. The Kier molecular flexibility index (Phi) is 5.65. The van der Waals surface area contributed by atoms with E-state index < -0.39 is 12.2 Å². The van der Waals surface area contributed by atoms with Crippen LogP contribution in [0, 0.1) is 6.92 Å². The van der Waals surface area contributed by atoms with E-state index in [4.69, 9.17) is 5.73 Å². The highest BCUT2D eigenvalue weighted by Gasteiger charge is 2.21. The molecule has 0 aliphatic heterocycles. The maximum absolute atomic E-state index is 10.8. The van der Waals surface area contributed by atoms with Gasteiger partial charge in [-0.15, -0.1) is 0 Å². The summed E-state index contributed by atoms with van der Waals surface area (Å²) in [7, 11) is 0. The first-order valence-electron chi connectivity index (χ1n) is 5.78. The van der Waals surface area contributed by atoms with Crippen LogP contribution in [0.15, 0.2) is 18.2 Å². The first kappa shape index (κ1) is 15.0. The van der Waals surface area contributed by atoms with Crippen molar-refractivity contribution in [1.82, 2.24) is 0 Å². The molecule has 2 atom stereocenters. The molecule has 0 fully saturated rings. The standard InChI is InChI=1S/C13H19NO3S/c1-8-4-3-5-10(14)12(8)13(17)11(16)6-7-18-9(2)15/h3-5,11,13,16-17H,6-7,14H2,1-2H3. The number of anilines is 1. The smallest absolute Gasteiger partial charge is 0.185 e. The van der Waals surface area contributed by atoms with Gasteiger partial charge in [-0.25, -0.2) is 0 Å². The highest BCUT2D eigenvalue weighted by atomic mass is 32.2. The number of aliphatic hydroxyl groups is 2. The molecule has 0 aromatic heterocycles. The van der Waals surface area contributed by atoms with E-state index in [1.54, 1.807) is 12.1 Å². The van der Waals surface area contributed by atoms with Crippen molar-refractivity contribution in [1.29, 1.82) is 0 Å². The normalized spacial score (nSPS) is 14.2. The fourth-order valence-corrected chi connectivity index (χ4v) is 2.43. The zero-order valence-electron chi connectivity index (χ0n) is 10.6. The molecule has 5 heteroatoms. The molecule has 4 nitrogen and oxygen atoms in total. The molecule has 4 N–H and O–H groups in total. The van der Waals surface area contributed by atoms with E-state index in [9.17, 15) is 15.0 Å². The van der Waals surface area contributed by atoms with E-state index in [0.717, 1.165) is 17.3 Å². The van der Waals surface area contributed by atoms with Crippen molar-refractivity contribution >= 4 is 22.6 Å². The van der Waals surface area contributed by atoms with E-state index in [2.05, 4.69) is 0 Å². The minimum Gasteiger partial charge on any atom is -0.398 e. The molecule has 2 unspecified atom stereocenters. The number of nitrogens with two attached hydrogens (primary N) is 1. The van der Waals surface area contributed by atoms with E-state index in [-0.39, 0.29) is 5.12 Å². The van der Waals surface area contributed by atoms with Crippen LogP contribution >= 0.6 is 11.8 Å². The molecule has 1 aromatic carbocycles. The summed E-state index contributed by atoms with van der Waals surface area (Å²) in [4.78, 5) is 10.8. The highest BCUT2D eigenvalue weighted by molar-refractivity contribution is 8.13. The van der Waals surface area contributed by atoms with Gasteiger partial charge < -0.3 is 15.9 Å². The van der Waals surface area contributed by atoms with Gasteiger partial charge in [0.2, 0.25) is 0 Å². The van der Waals surface area contributed by atoms with Gasteiger partial charge in [-0.1, -0.05) is 23.9 Å². The van der Waals surface area contributed by atoms with Crippen molar-refractivity contribution in [3.05, 3.63) is 29.3 Å². The van der Waals surface area contributed by atoms with E-state index >= 15 is 0 Å². The molecule has 0 saturated heterocycles. The van der Waals surface area contributed by atoms with Crippen LogP contribution in [0.1, 0.15) is 30.6 Å². The Balaban J connectivity index is 2.68. The molecule has 0 spiro atoms. The molecule has 0 saturated carbocycles. The van der Waals surface area contributed by atoms with Gasteiger partial charge in [0.05, 0.1) is 6.10 Å². The second-order valence-corrected chi connectivity index (χ2v) is 5.49. The summed E-state index contributed by atoms with van der Waals surface area (Å²) < 4.78 is 0. The van der Waals surface area contributed by atoms with Gasteiger partial charge in [-0.05, 0) is 25.0 Å². The fourth-order valence-electron chi connectivity index (χ4n) is 1.78. The van der Waals surface area contributed by atoms with E-state index in [1.165, 1.54) is 6.92 Å². The predicted octanol–water partition coefficient (Wildman–Crippen LogP) is 1.64. The van der Waals surface area contributed by atoms with Crippen molar-refractivity contribution in [2.45, 2.75) is 32.5 Å². The molecular formula is C13H19NO3S. The first-order chi connectivity index (χ1) is 8.43. The monoisotopic (exact) mass is 269 g/mol. The quantitative estimate of drug-likeness (QED) is 0.708. The lowest BCUT2D eigenvalue weighted by molar-refractivity contribution is -0.109. The summed E-state index contributed by atoms with van der Waals surface area (Å²) in [6, 6.07) is 5.34. The highest BCUT2D eigenvalue weighted by Crippen LogP contribution is 2.28. The van der Waals surface area contributed by atoms with Crippen molar-refractivity contribution < 1.29 is 15.0 Å². The SMILES string of the molecule is CC(=O)SCCC(O)C(O)c1c(C)cccc1N. The third-order valence-electron chi connectivity index (χ3n) is 2.74. The Bertz CT molecular complexity index is 402. The average Bonchev–Trinajstić information content (AvgIpc) is 2.27. The Morgan fingerprint density at radius 3 is 2.67 bits per heavy atom. The molecule has 0 amide bonds. The van der Waals surface area contributed by atoms with Crippen molar-refractivity contribution in [2.75, 3.05) is 11.5 Å². The van der Waals surface area contributed by atoms with Crippen LogP contribution in [0.25, 0.3) is 0 Å². The number of hydrogen-bond acceptors (Lipinski definition) is 5. The van der Waals surface area contributed by atoms with Crippen LogP contribution in [0.2, 0.25) is 0 Å². The molecule has 18 heavy (non-hydrogen) atoms. The fraction of sp³-hybridized carbons (Fsp3) is 0.462. The van der Waals surface area contributed by atoms with Crippen LogP contribution < -0.4 is 5.73 Å². The Hall–Kier alpha value is -1.04.